The van der Waals surface area contributed by atoms with Gasteiger partial charge in [-0.05, 0) is 49.7 Å². The van der Waals surface area contributed by atoms with Crippen LogP contribution in [-0.2, 0) is 14.8 Å². The van der Waals surface area contributed by atoms with Crippen molar-refractivity contribution in [3.05, 3.63) is 59.2 Å². The first-order valence-corrected chi connectivity index (χ1v) is 10.3. The molecule has 0 saturated carbocycles. The monoisotopic (exact) mass is 388 g/mol. The molecule has 0 unspecified atom stereocenters. The predicted molar refractivity (Wildman–Crippen MR) is 105 cm³/mol. The van der Waals surface area contributed by atoms with E-state index in [0.717, 1.165) is 11.1 Å². The van der Waals surface area contributed by atoms with Crippen LogP contribution in [0.2, 0.25) is 0 Å². The maximum Gasteiger partial charge on any atom is 0.264 e. The zero-order valence-corrected chi connectivity index (χ0v) is 16.6. The average molecular weight is 388 g/mol. The molecule has 1 aliphatic rings. The molecule has 1 heterocycles. The first-order valence-electron chi connectivity index (χ1n) is 8.84. The maximum absolute atomic E-state index is 12.9. The molecule has 1 saturated heterocycles. The number of ether oxygens (including phenoxy) is 1. The van der Waals surface area contributed by atoms with Crippen LogP contribution in [0.4, 0.5) is 5.69 Å². The van der Waals surface area contributed by atoms with Crippen molar-refractivity contribution < 1.29 is 17.9 Å². The number of carbonyl (C=O) groups excluding carboxylic acids is 1. The second-order valence-corrected chi connectivity index (χ2v) is 8.66. The molecule has 1 fully saturated rings. The van der Waals surface area contributed by atoms with Crippen LogP contribution in [-0.4, -0.2) is 52.6 Å². The van der Waals surface area contributed by atoms with Crippen LogP contribution >= 0.6 is 0 Å². The Morgan fingerprint density at radius 1 is 1.04 bits per heavy atom. The molecule has 0 aliphatic carbocycles. The molecule has 0 N–H and O–H groups in total. The van der Waals surface area contributed by atoms with E-state index < -0.39 is 10.0 Å². The van der Waals surface area contributed by atoms with Gasteiger partial charge >= 0.3 is 0 Å². The van der Waals surface area contributed by atoms with Gasteiger partial charge in [-0.2, -0.15) is 0 Å². The smallest absolute Gasteiger partial charge is 0.264 e. The summed E-state index contributed by atoms with van der Waals surface area (Å²) >= 11 is 0. The number of anilines is 1. The fourth-order valence-electron chi connectivity index (χ4n) is 3.09. The van der Waals surface area contributed by atoms with Gasteiger partial charge in [-0.1, -0.05) is 17.7 Å². The summed E-state index contributed by atoms with van der Waals surface area (Å²) < 4.78 is 32.3. The minimum atomic E-state index is -3.66. The number of sulfonamides is 1. The molecule has 0 spiro atoms. The molecule has 7 heteroatoms. The van der Waals surface area contributed by atoms with Crippen molar-refractivity contribution >= 4 is 21.6 Å². The third kappa shape index (κ3) is 3.99. The number of amides is 1. The SMILES string of the molecule is Cc1ccc(S(=O)(=O)N(C)c2ccc(C(=O)N3CCOCC3)cc2C)cc1. The Morgan fingerprint density at radius 3 is 2.26 bits per heavy atom. The standard InChI is InChI=1S/C20H24N2O4S/c1-15-4-7-18(8-5-15)27(24,25)21(3)19-9-6-17(14-16(19)2)20(23)22-10-12-26-13-11-22/h4-9,14H,10-13H2,1-3H3. The van der Waals surface area contributed by atoms with E-state index in [0.29, 0.717) is 37.6 Å². The fraction of sp³-hybridized carbons (Fsp3) is 0.350. The first-order chi connectivity index (χ1) is 12.8. The summed E-state index contributed by atoms with van der Waals surface area (Å²) in [5.74, 6) is -0.0583. The molecule has 1 aliphatic heterocycles. The molecule has 2 aromatic carbocycles. The molecule has 144 valence electrons. The van der Waals surface area contributed by atoms with E-state index in [9.17, 15) is 13.2 Å². The van der Waals surface area contributed by atoms with Gasteiger partial charge in [-0.3, -0.25) is 9.10 Å². The van der Waals surface area contributed by atoms with Gasteiger partial charge in [0, 0.05) is 25.7 Å². The highest BCUT2D eigenvalue weighted by Crippen LogP contribution is 2.26. The third-order valence-electron chi connectivity index (χ3n) is 4.76. The van der Waals surface area contributed by atoms with Gasteiger partial charge in [0.2, 0.25) is 0 Å². The average Bonchev–Trinajstić information content (AvgIpc) is 2.68. The van der Waals surface area contributed by atoms with Crippen LogP contribution in [0.25, 0.3) is 0 Å². The highest BCUT2D eigenvalue weighted by atomic mass is 32.2. The molecule has 0 radical (unpaired) electrons. The second-order valence-electron chi connectivity index (χ2n) is 6.69. The fourth-order valence-corrected chi connectivity index (χ4v) is 4.35. The maximum atomic E-state index is 12.9. The molecule has 3 rings (SSSR count). The number of hydrogen-bond acceptors (Lipinski definition) is 4. The zero-order chi connectivity index (χ0) is 19.6. The van der Waals surface area contributed by atoms with Crippen molar-refractivity contribution in [2.45, 2.75) is 18.7 Å². The highest BCUT2D eigenvalue weighted by Gasteiger charge is 2.24. The molecule has 27 heavy (non-hydrogen) atoms. The van der Waals surface area contributed by atoms with Crippen LogP contribution in [0.5, 0.6) is 0 Å². The van der Waals surface area contributed by atoms with Crippen molar-refractivity contribution in [1.29, 1.82) is 0 Å². The number of morpholine rings is 1. The number of rotatable bonds is 4. The van der Waals surface area contributed by atoms with Gasteiger partial charge in [0.05, 0.1) is 23.8 Å². The van der Waals surface area contributed by atoms with Gasteiger partial charge in [0.25, 0.3) is 15.9 Å². The lowest BCUT2D eigenvalue weighted by Crippen LogP contribution is -2.40. The minimum absolute atomic E-state index is 0.0583. The molecule has 2 aromatic rings. The summed E-state index contributed by atoms with van der Waals surface area (Å²) in [7, 11) is -2.13. The van der Waals surface area contributed by atoms with Crippen molar-refractivity contribution in [3.63, 3.8) is 0 Å². The van der Waals surface area contributed by atoms with E-state index in [1.54, 1.807) is 47.4 Å². The van der Waals surface area contributed by atoms with E-state index in [1.165, 1.54) is 11.4 Å². The topological polar surface area (TPSA) is 66.9 Å². The lowest BCUT2D eigenvalue weighted by molar-refractivity contribution is 0.0303. The van der Waals surface area contributed by atoms with E-state index >= 15 is 0 Å². The Balaban J connectivity index is 1.86. The van der Waals surface area contributed by atoms with Gasteiger partial charge in [0.1, 0.15) is 0 Å². The summed E-state index contributed by atoms with van der Waals surface area (Å²) in [5.41, 5.74) is 2.83. The van der Waals surface area contributed by atoms with Crippen molar-refractivity contribution in [1.82, 2.24) is 4.90 Å². The number of aryl methyl sites for hydroxylation is 2. The van der Waals surface area contributed by atoms with Gasteiger partial charge in [0.15, 0.2) is 0 Å². The predicted octanol–water partition coefficient (Wildman–Crippen LogP) is 2.60. The minimum Gasteiger partial charge on any atom is -0.378 e. The third-order valence-corrected chi connectivity index (χ3v) is 6.55. The summed E-state index contributed by atoms with van der Waals surface area (Å²) in [4.78, 5) is 14.6. The lowest BCUT2D eigenvalue weighted by atomic mass is 10.1. The number of benzene rings is 2. The Labute approximate surface area is 160 Å². The Kier molecular flexibility index (Phi) is 5.53. The zero-order valence-electron chi connectivity index (χ0n) is 15.8. The molecule has 0 aromatic heterocycles. The second kappa shape index (κ2) is 7.70. The molecular weight excluding hydrogens is 364 g/mol. The molecule has 0 bridgehead atoms. The number of carbonyl (C=O) groups is 1. The van der Waals surface area contributed by atoms with Crippen molar-refractivity contribution in [2.24, 2.45) is 0 Å². The quantitative estimate of drug-likeness (QED) is 0.808. The summed E-state index contributed by atoms with van der Waals surface area (Å²) in [6, 6.07) is 11.9. The molecule has 1 amide bonds. The van der Waals surface area contributed by atoms with Crippen LogP contribution in [0, 0.1) is 13.8 Å². The molecular formula is C20H24N2O4S. The normalized spacial score (nSPS) is 14.9. The summed E-state index contributed by atoms with van der Waals surface area (Å²) in [6.07, 6.45) is 0. The van der Waals surface area contributed by atoms with E-state index in [2.05, 4.69) is 0 Å². The summed E-state index contributed by atoms with van der Waals surface area (Å²) in [6.45, 7) is 5.95. The van der Waals surface area contributed by atoms with Crippen molar-refractivity contribution in [3.8, 4) is 0 Å². The molecule has 6 nitrogen and oxygen atoms in total. The van der Waals surface area contributed by atoms with Crippen LogP contribution < -0.4 is 4.31 Å². The van der Waals surface area contributed by atoms with E-state index in [-0.39, 0.29) is 10.8 Å². The van der Waals surface area contributed by atoms with Crippen LogP contribution in [0.3, 0.4) is 0 Å². The number of hydrogen-bond donors (Lipinski definition) is 0. The summed E-state index contributed by atoms with van der Waals surface area (Å²) in [5, 5.41) is 0. The highest BCUT2D eigenvalue weighted by molar-refractivity contribution is 7.92. The lowest BCUT2D eigenvalue weighted by Gasteiger charge is -2.27. The Morgan fingerprint density at radius 2 is 1.67 bits per heavy atom. The van der Waals surface area contributed by atoms with E-state index in [1.807, 2.05) is 13.8 Å². The Bertz CT molecular complexity index is 933. The van der Waals surface area contributed by atoms with Crippen molar-refractivity contribution in [2.75, 3.05) is 37.7 Å². The van der Waals surface area contributed by atoms with Gasteiger partial charge in [-0.15, -0.1) is 0 Å². The first kappa shape index (κ1) is 19.4. The Hall–Kier alpha value is -2.38. The molecule has 0 atom stereocenters. The van der Waals surface area contributed by atoms with Crippen LogP contribution in [0.1, 0.15) is 21.5 Å². The van der Waals surface area contributed by atoms with Gasteiger partial charge < -0.3 is 9.64 Å². The van der Waals surface area contributed by atoms with E-state index in [4.69, 9.17) is 4.74 Å². The van der Waals surface area contributed by atoms with Crippen LogP contribution in [0.15, 0.2) is 47.4 Å². The van der Waals surface area contributed by atoms with Gasteiger partial charge in [-0.25, -0.2) is 8.42 Å². The largest absolute Gasteiger partial charge is 0.378 e. The number of nitrogens with zero attached hydrogens (tertiary/aromatic N) is 2.